The Morgan fingerprint density at radius 2 is 1.62 bits per heavy atom. The Bertz CT molecular complexity index is 309. The van der Waals surface area contributed by atoms with E-state index in [0.29, 0.717) is 5.56 Å². The molecule has 0 amide bonds. The second kappa shape index (κ2) is 3.54. The summed E-state index contributed by atoms with van der Waals surface area (Å²) in [4.78, 5) is 10.6. The molecular weight excluding hydrogens is 225 g/mol. The van der Waals surface area contributed by atoms with E-state index >= 15 is 0 Å². The van der Waals surface area contributed by atoms with E-state index in [9.17, 15) is 4.79 Å². The van der Waals surface area contributed by atoms with Crippen molar-refractivity contribution in [2.45, 2.75) is 17.3 Å². The normalized spacial score (nSPS) is 11.3. The van der Waals surface area contributed by atoms with E-state index in [2.05, 4.69) is 17.3 Å². The van der Waals surface area contributed by atoms with Crippen LogP contribution in [0.1, 0.15) is 10.4 Å². The zero-order valence-electron chi connectivity index (χ0n) is 8.16. The van der Waals surface area contributed by atoms with Crippen molar-refractivity contribution in [3.8, 4) is 0 Å². The number of hydrogen-bond acceptors (Lipinski definition) is 1. The molecule has 1 rings (SSSR count). The second-order valence-electron chi connectivity index (χ2n) is 4.13. The van der Waals surface area contributed by atoms with Gasteiger partial charge in [-0.3, -0.25) is 0 Å². The van der Waals surface area contributed by atoms with Crippen LogP contribution in [0, 0.1) is 0 Å². The third kappa shape index (κ3) is 2.59. The first-order valence-corrected chi connectivity index (χ1v) is 11.6. The molecule has 0 aliphatic heterocycles. The molecule has 0 radical (unpaired) electrons. The van der Waals surface area contributed by atoms with Crippen LogP contribution < -0.4 is 4.40 Å². The SMILES string of the molecule is [CH3][Ge]([CH3])([CH3])[c]1ccc(C(=O)O)cc1. The molecule has 13 heavy (non-hydrogen) atoms. The first-order valence-electron chi connectivity index (χ1n) is 4.25. The van der Waals surface area contributed by atoms with Crippen LogP contribution >= 0.6 is 0 Å². The number of rotatable bonds is 2. The van der Waals surface area contributed by atoms with Crippen molar-refractivity contribution in [1.82, 2.24) is 0 Å². The fourth-order valence-corrected chi connectivity index (χ4v) is 3.56. The van der Waals surface area contributed by atoms with E-state index in [1.165, 1.54) is 4.40 Å². The number of hydrogen-bond donors (Lipinski definition) is 1. The number of carboxylic acids is 1. The summed E-state index contributed by atoms with van der Waals surface area (Å²) in [5, 5.41) is 8.69. The third-order valence-corrected chi connectivity index (χ3v) is 6.33. The number of carboxylic acid groups (broad SMARTS) is 1. The first-order chi connectivity index (χ1) is 5.91. The number of benzene rings is 1. The van der Waals surface area contributed by atoms with E-state index in [0.717, 1.165) is 0 Å². The molecule has 70 valence electrons. The molecule has 2 nitrogen and oxygen atoms in total. The van der Waals surface area contributed by atoms with E-state index in [1.807, 2.05) is 12.1 Å². The van der Waals surface area contributed by atoms with Crippen molar-refractivity contribution in [1.29, 1.82) is 0 Å². The average molecular weight is 239 g/mol. The molecular formula is C10H14GeO2. The Hall–Kier alpha value is -0.767. The Morgan fingerprint density at radius 3 is 1.92 bits per heavy atom. The van der Waals surface area contributed by atoms with Crippen LogP contribution in [-0.2, 0) is 0 Å². The monoisotopic (exact) mass is 240 g/mol. The molecule has 1 N–H and O–H groups in total. The van der Waals surface area contributed by atoms with Gasteiger partial charge in [0, 0.05) is 0 Å². The molecule has 0 atom stereocenters. The summed E-state index contributed by atoms with van der Waals surface area (Å²) in [5.74, 6) is 6.01. The predicted octanol–water partition coefficient (Wildman–Crippen LogP) is 1.93. The molecule has 0 aromatic heterocycles. The maximum absolute atomic E-state index is 10.6. The van der Waals surface area contributed by atoms with Crippen molar-refractivity contribution >= 4 is 23.6 Å². The minimum atomic E-state index is -1.76. The summed E-state index contributed by atoms with van der Waals surface area (Å²) < 4.78 is 1.34. The number of aromatic carboxylic acids is 1. The maximum atomic E-state index is 10.6. The van der Waals surface area contributed by atoms with E-state index in [1.54, 1.807) is 12.1 Å². The molecule has 0 spiro atoms. The van der Waals surface area contributed by atoms with Gasteiger partial charge in [-0.25, -0.2) is 0 Å². The molecule has 1 aromatic carbocycles. The van der Waals surface area contributed by atoms with Crippen LogP contribution in [-0.4, -0.2) is 24.3 Å². The van der Waals surface area contributed by atoms with Crippen LogP contribution in [0.3, 0.4) is 0 Å². The van der Waals surface area contributed by atoms with Crippen molar-refractivity contribution in [3.05, 3.63) is 29.8 Å². The molecule has 1 aromatic rings. The summed E-state index contributed by atoms with van der Waals surface area (Å²) >= 11 is -1.76. The van der Waals surface area contributed by atoms with Crippen molar-refractivity contribution < 1.29 is 9.90 Å². The van der Waals surface area contributed by atoms with Gasteiger partial charge >= 0.3 is 80.6 Å². The Labute approximate surface area is 80.9 Å². The molecule has 0 bridgehead atoms. The van der Waals surface area contributed by atoms with Gasteiger partial charge in [0.2, 0.25) is 0 Å². The van der Waals surface area contributed by atoms with Gasteiger partial charge in [0.15, 0.2) is 0 Å². The Kier molecular flexibility index (Phi) is 2.81. The summed E-state index contributed by atoms with van der Waals surface area (Å²) in [6.07, 6.45) is 0. The molecule has 0 aliphatic carbocycles. The van der Waals surface area contributed by atoms with Crippen LogP contribution in [0.5, 0.6) is 0 Å². The zero-order chi connectivity index (χ0) is 10.1. The Morgan fingerprint density at radius 1 is 1.15 bits per heavy atom. The van der Waals surface area contributed by atoms with Crippen molar-refractivity contribution in [2.24, 2.45) is 0 Å². The van der Waals surface area contributed by atoms with E-state index in [4.69, 9.17) is 5.11 Å². The topological polar surface area (TPSA) is 37.3 Å². The van der Waals surface area contributed by atoms with Crippen LogP contribution in [0.4, 0.5) is 0 Å². The fourth-order valence-electron chi connectivity index (χ4n) is 1.11. The van der Waals surface area contributed by atoms with Gasteiger partial charge in [-0.05, 0) is 0 Å². The fraction of sp³-hybridized carbons (Fsp3) is 0.300. The van der Waals surface area contributed by atoms with Crippen LogP contribution in [0.2, 0.25) is 17.3 Å². The molecule has 0 heterocycles. The molecule has 0 aliphatic rings. The standard InChI is InChI=1S/C10H14GeO2/c1-11(2,3)9-6-4-8(5-7-9)10(12)13/h4-7H,1-3H3,(H,12,13). The van der Waals surface area contributed by atoms with Crippen LogP contribution in [0.15, 0.2) is 24.3 Å². The summed E-state index contributed by atoms with van der Waals surface area (Å²) in [5.41, 5.74) is 0.371. The molecule has 0 saturated carbocycles. The van der Waals surface area contributed by atoms with E-state index < -0.39 is 19.2 Å². The summed E-state index contributed by atoms with van der Waals surface area (Å²) in [6, 6.07) is 7.27. The van der Waals surface area contributed by atoms with Gasteiger partial charge in [-0.2, -0.15) is 0 Å². The van der Waals surface area contributed by atoms with Gasteiger partial charge < -0.3 is 0 Å². The zero-order valence-corrected chi connectivity index (χ0v) is 10.3. The predicted molar refractivity (Wildman–Crippen MR) is 56.4 cm³/mol. The Balaban J connectivity index is 3.01. The van der Waals surface area contributed by atoms with Crippen molar-refractivity contribution in [3.63, 3.8) is 0 Å². The quantitative estimate of drug-likeness (QED) is 0.800. The average Bonchev–Trinajstić information content (AvgIpc) is 2.03. The van der Waals surface area contributed by atoms with Crippen LogP contribution in [0.25, 0.3) is 0 Å². The molecule has 0 fully saturated rings. The van der Waals surface area contributed by atoms with E-state index in [-0.39, 0.29) is 0 Å². The third-order valence-electron chi connectivity index (χ3n) is 2.00. The summed E-state index contributed by atoms with van der Waals surface area (Å²) in [6.45, 7) is 0. The van der Waals surface area contributed by atoms with Gasteiger partial charge in [-0.15, -0.1) is 0 Å². The van der Waals surface area contributed by atoms with Crippen molar-refractivity contribution in [2.75, 3.05) is 0 Å². The van der Waals surface area contributed by atoms with Gasteiger partial charge in [0.1, 0.15) is 0 Å². The van der Waals surface area contributed by atoms with Gasteiger partial charge in [0.25, 0.3) is 0 Å². The minimum absolute atomic E-state index is 0.371. The molecule has 0 unspecified atom stereocenters. The van der Waals surface area contributed by atoms with Gasteiger partial charge in [-0.1, -0.05) is 0 Å². The first kappa shape index (κ1) is 10.3. The second-order valence-corrected chi connectivity index (χ2v) is 14.8. The van der Waals surface area contributed by atoms with Gasteiger partial charge in [0.05, 0.1) is 0 Å². The molecule has 0 saturated heterocycles. The number of carbonyl (C=O) groups is 1. The summed E-state index contributed by atoms with van der Waals surface area (Å²) in [7, 11) is 0. The molecule has 3 heteroatoms.